The van der Waals surface area contributed by atoms with E-state index in [1.807, 2.05) is 0 Å². The Kier molecular flexibility index (Phi) is 7.53. The molecule has 184 valence electrons. The average Bonchev–Trinajstić information content (AvgIpc) is 3.17. The van der Waals surface area contributed by atoms with Gasteiger partial charge in [0.2, 0.25) is 15.9 Å². The zero-order valence-electron chi connectivity index (χ0n) is 18.7. The summed E-state index contributed by atoms with van der Waals surface area (Å²) in [5, 5.41) is 19.6. The molecule has 4 rings (SSSR count). The van der Waals surface area contributed by atoms with Crippen LogP contribution >= 0.6 is 11.3 Å². The summed E-state index contributed by atoms with van der Waals surface area (Å²) in [5.41, 5.74) is 1.49. The minimum Gasteiger partial charge on any atom is -0.478 e. The predicted molar refractivity (Wildman–Crippen MR) is 129 cm³/mol. The Morgan fingerprint density at radius 2 is 2.00 bits per heavy atom. The predicted octanol–water partition coefficient (Wildman–Crippen LogP) is 2.51. The standard InChI is InChI=1S/C22H28N4O6S2/c1-13(27)25-14-5-7-15(8-6-14)34(30,31)24-12-17-20-16(9-10-23-17)19(22(28)29)21(33-20)26-18-4-2-3-11-32-18/h5-8,17-18,23-24,26H,2-4,9-12H2,1H3,(H,25,27)(H,28,29)/t17-,18?/m0/s1. The molecule has 0 aliphatic carbocycles. The molecule has 0 radical (unpaired) electrons. The number of aromatic carboxylic acids is 1. The molecule has 2 atom stereocenters. The first-order chi connectivity index (χ1) is 16.2. The van der Waals surface area contributed by atoms with E-state index >= 15 is 0 Å². The molecule has 1 unspecified atom stereocenters. The van der Waals surface area contributed by atoms with Crippen LogP contribution < -0.4 is 20.7 Å². The fraction of sp³-hybridized carbons (Fsp3) is 0.455. The lowest BCUT2D eigenvalue weighted by Gasteiger charge is -2.24. The van der Waals surface area contributed by atoms with Crippen LogP contribution in [0, 0.1) is 0 Å². The lowest BCUT2D eigenvalue weighted by atomic mass is 9.99. The van der Waals surface area contributed by atoms with E-state index in [1.54, 1.807) is 0 Å². The van der Waals surface area contributed by atoms with Crippen LogP contribution in [0.4, 0.5) is 10.7 Å². The van der Waals surface area contributed by atoms with Crippen molar-refractivity contribution in [1.82, 2.24) is 10.0 Å². The van der Waals surface area contributed by atoms with Gasteiger partial charge in [-0.1, -0.05) is 0 Å². The molecule has 12 heteroatoms. The molecule has 10 nitrogen and oxygen atoms in total. The van der Waals surface area contributed by atoms with Crippen molar-refractivity contribution in [2.24, 2.45) is 0 Å². The van der Waals surface area contributed by atoms with Gasteiger partial charge in [-0.05, 0) is 62.1 Å². The maximum Gasteiger partial charge on any atom is 0.338 e. The van der Waals surface area contributed by atoms with Crippen LogP contribution in [0.5, 0.6) is 0 Å². The summed E-state index contributed by atoms with van der Waals surface area (Å²) in [5.74, 6) is -1.25. The molecule has 34 heavy (non-hydrogen) atoms. The number of carboxylic acids is 1. The van der Waals surface area contributed by atoms with Gasteiger partial charge >= 0.3 is 5.97 Å². The van der Waals surface area contributed by atoms with Gasteiger partial charge in [0, 0.05) is 30.6 Å². The zero-order chi connectivity index (χ0) is 24.3. The third-order valence-corrected chi connectivity index (χ3v) is 8.49. The first-order valence-electron chi connectivity index (χ1n) is 11.1. The topological polar surface area (TPSA) is 146 Å². The van der Waals surface area contributed by atoms with E-state index < -0.39 is 16.0 Å². The smallest absolute Gasteiger partial charge is 0.338 e. The minimum absolute atomic E-state index is 0.0712. The average molecular weight is 509 g/mol. The number of carboxylic acid groups (broad SMARTS) is 1. The van der Waals surface area contributed by atoms with Crippen LogP contribution in [-0.4, -0.2) is 51.3 Å². The zero-order valence-corrected chi connectivity index (χ0v) is 20.4. The van der Waals surface area contributed by atoms with Gasteiger partial charge in [0.25, 0.3) is 0 Å². The Morgan fingerprint density at radius 3 is 2.65 bits per heavy atom. The number of amides is 1. The van der Waals surface area contributed by atoms with Gasteiger partial charge in [-0.25, -0.2) is 17.9 Å². The van der Waals surface area contributed by atoms with Crippen LogP contribution in [0.1, 0.15) is 53.0 Å². The molecule has 1 aromatic carbocycles. The fourth-order valence-electron chi connectivity index (χ4n) is 4.17. The number of anilines is 2. The van der Waals surface area contributed by atoms with E-state index in [1.165, 1.54) is 42.5 Å². The first kappa shape index (κ1) is 24.6. The number of hydrogen-bond acceptors (Lipinski definition) is 8. The van der Waals surface area contributed by atoms with E-state index in [2.05, 4.69) is 20.7 Å². The van der Waals surface area contributed by atoms with Gasteiger partial charge in [-0.2, -0.15) is 0 Å². The fourth-order valence-corrected chi connectivity index (χ4v) is 6.57. The van der Waals surface area contributed by atoms with Gasteiger partial charge in [-0.15, -0.1) is 11.3 Å². The molecular weight excluding hydrogens is 480 g/mol. The van der Waals surface area contributed by atoms with Crippen molar-refractivity contribution >= 4 is 43.9 Å². The highest BCUT2D eigenvalue weighted by molar-refractivity contribution is 7.89. The number of thiophene rings is 1. The SMILES string of the molecule is CC(=O)Nc1ccc(S(=O)(=O)NC[C@@H]2NCCc3c2sc(NC2CCCCO2)c3C(=O)O)cc1. The molecule has 0 saturated carbocycles. The molecule has 3 heterocycles. The summed E-state index contributed by atoms with van der Waals surface area (Å²) in [6.45, 7) is 2.63. The van der Waals surface area contributed by atoms with E-state index in [-0.39, 0.29) is 35.2 Å². The third-order valence-electron chi connectivity index (χ3n) is 5.77. The second-order valence-corrected chi connectivity index (χ2v) is 11.1. The van der Waals surface area contributed by atoms with Crippen molar-refractivity contribution in [3.8, 4) is 0 Å². The lowest BCUT2D eigenvalue weighted by molar-refractivity contribution is -0.114. The van der Waals surface area contributed by atoms with E-state index in [0.717, 1.165) is 29.7 Å². The number of fused-ring (bicyclic) bond motifs is 1. The number of rotatable bonds is 8. The maximum atomic E-state index is 12.8. The summed E-state index contributed by atoms with van der Waals surface area (Å²) in [4.78, 5) is 24.1. The van der Waals surface area contributed by atoms with E-state index in [9.17, 15) is 23.1 Å². The Balaban J connectivity index is 1.50. The van der Waals surface area contributed by atoms with Crippen LogP contribution in [-0.2, 0) is 26.0 Å². The van der Waals surface area contributed by atoms with Crippen LogP contribution in [0.2, 0.25) is 0 Å². The molecule has 1 amide bonds. The molecule has 0 bridgehead atoms. The molecule has 1 aromatic heterocycles. The van der Waals surface area contributed by atoms with Crippen molar-refractivity contribution in [1.29, 1.82) is 0 Å². The number of carbonyl (C=O) groups is 2. The summed E-state index contributed by atoms with van der Waals surface area (Å²) in [6, 6.07) is 5.54. The summed E-state index contributed by atoms with van der Waals surface area (Å²) < 4.78 is 34.0. The van der Waals surface area contributed by atoms with Gasteiger partial charge < -0.3 is 25.8 Å². The van der Waals surface area contributed by atoms with Gasteiger partial charge in [0.1, 0.15) is 11.2 Å². The quantitative estimate of drug-likeness (QED) is 0.366. The van der Waals surface area contributed by atoms with Crippen molar-refractivity contribution in [3.05, 3.63) is 40.3 Å². The molecule has 0 spiro atoms. The summed E-state index contributed by atoms with van der Waals surface area (Å²) in [6.07, 6.45) is 3.14. The summed E-state index contributed by atoms with van der Waals surface area (Å²) >= 11 is 1.34. The van der Waals surface area contributed by atoms with E-state index in [0.29, 0.717) is 30.3 Å². The molecule has 1 fully saturated rings. The highest BCUT2D eigenvalue weighted by Gasteiger charge is 2.32. The van der Waals surface area contributed by atoms with Crippen molar-refractivity contribution in [3.63, 3.8) is 0 Å². The number of nitrogens with one attached hydrogen (secondary N) is 4. The Bertz CT molecular complexity index is 1160. The normalized spacial score (nSPS) is 20.4. The van der Waals surface area contributed by atoms with Crippen molar-refractivity contribution in [2.45, 2.75) is 49.8 Å². The number of hydrogen-bond donors (Lipinski definition) is 5. The molecule has 2 aliphatic rings. The Labute approximate surface area is 202 Å². The molecule has 1 saturated heterocycles. The molecule has 2 aromatic rings. The Morgan fingerprint density at radius 1 is 1.24 bits per heavy atom. The van der Waals surface area contributed by atoms with Crippen LogP contribution in [0.3, 0.4) is 0 Å². The highest BCUT2D eigenvalue weighted by atomic mass is 32.2. The first-order valence-corrected chi connectivity index (χ1v) is 13.4. The second kappa shape index (κ2) is 10.4. The van der Waals surface area contributed by atoms with Crippen LogP contribution in [0.25, 0.3) is 0 Å². The largest absolute Gasteiger partial charge is 0.478 e. The maximum absolute atomic E-state index is 12.8. The third kappa shape index (κ3) is 5.58. The number of benzene rings is 1. The van der Waals surface area contributed by atoms with Crippen molar-refractivity contribution < 1.29 is 27.9 Å². The van der Waals surface area contributed by atoms with Crippen LogP contribution in [0.15, 0.2) is 29.2 Å². The highest BCUT2D eigenvalue weighted by Crippen LogP contribution is 2.40. The number of ether oxygens (including phenoxy) is 1. The monoisotopic (exact) mass is 508 g/mol. The lowest BCUT2D eigenvalue weighted by Crippen LogP contribution is -2.38. The number of carbonyl (C=O) groups excluding carboxylic acids is 1. The van der Waals surface area contributed by atoms with Gasteiger partial charge in [0.15, 0.2) is 0 Å². The summed E-state index contributed by atoms with van der Waals surface area (Å²) in [7, 11) is -3.80. The van der Waals surface area contributed by atoms with E-state index in [4.69, 9.17) is 4.74 Å². The Hall–Kier alpha value is -2.51. The van der Waals surface area contributed by atoms with Crippen molar-refractivity contribution in [2.75, 3.05) is 30.3 Å². The minimum atomic E-state index is -3.80. The second-order valence-electron chi connectivity index (χ2n) is 8.27. The van der Waals surface area contributed by atoms with Gasteiger partial charge in [-0.3, -0.25) is 4.79 Å². The number of sulfonamides is 1. The molecular formula is C22H28N4O6S2. The molecule has 5 N–H and O–H groups in total. The molecule has 2 aliphatic heterocycles. The van der Waals surface area contributed by atoms with Gasteiger partial charge in [0.05, 0.1) is 16.5 Å².